The zero-order chi connectivity index (χ0) is 23.9. The van der Waals surface area contributed by atoms with E-state index in [-0.39, 0.29) is 16.2 Å². The van der Waals surface area contributed by atoms with Crippen LogP contribution < -0.4 is 0 Å². The lowest BCUT2D eigenvalue weighted by Crippen LogP contribution is -2.57. The van der Waals surface area contributed by atoms with Crippen LogP contribution in [-0.4, -0.2) is 69.9 Å². The van der Waals surface area contributed by atoms with Gasteiger partial charge in [0, 0.05) is 22.4 Å². The van der Waals surface area contributed by atoms with Crippen LogP contribution in [0.15, 0.2) is 46.2 Å². The number of ether oxygens (including phenoxy) is 1. The molecule has 176 valence electrons. The fourth-order valence-corrected chi connectivity index (χ4v) is 5.30. The Kier molecular flexibility index (Phi) is 6.93. The summed E-state index contributed by atoms with van der Waals surface area (Å²) in [6.45, 7) is -0.662. The van der Waals surface area contributed by atoms with Gasteiger partial charge < -0.3 is 20.1 Å². The lowest BCUT2D eigenvalue weighted by Gasteiger charge is -2.41. The first-order chi connectivity index (χ1) is 15.7. The average Bonchev–Trinajstić information content (AvgIpc) is 3.27. The monoisotopic (exact) mass is 548 g/mol. The Labute approximate surface area is 195 Å². The molecule has 0 bridgehead atoms. The minimum atomic E-state index is -1.97. The molecule has 0 spiro atoms. The molecule has 0 radical (unpaired) electrons. The van der Waals surface area contributed by atoms with Crippen LogP contribution in [0.25, 0.3) is 11.3 Å². The van der Waals surface area contributed by atoms with Crippen molar-refractivity contribution in [1.29, 1.82) is 0 Å². The van der Waals surface area contributed by atoms with E-state index in [0.29, 0.717) is 4.47 Å². The number of hydrogen-bond donors (Lipinski definition) is 3. The molecular formula is C19H16BrF3N4O5S. The number of rotatable bonds is 5. The Morgan fingerprint density at radius 3 is 2.45 bits per heavy atom. The van der Waals surface area contributed by atoms with Gasteiger partial charge in [0.1, 0.15) is 30.0 Å². The molecule has 0 aliphatic carbocycles. The van der Waals surface area contributed by atoms with Gasteiger partial charge in [0.05, 0.1) is 28.5 Å². The van der Waals surface area contributed by atoms with Crippen LogP contribution in [0.2, 0.25) is 0 Å². The van der Waals surface area contributed by atoms with E-state index < -0.39 is 64.6 Å². The minimum absolute atomic E-state index is 0.0758. The maximum Gasteiger partial charge on any atom is 0.194 e. The minimum Gasteiger partial charge on any atom is -0.394 e. The average molecular weight is 549 g/mol. The zero-order valence-electron chi connectivity index (χ0n) is 16.4. The highest BCUT2D eigenvalue weighted by molar-refractivity contribution is 9.10. The maximum atomic E-state index is 13.6. The molecule has 1 aliphatic rings. The fraction of sp³-hybridized carbons (Fsp3) is 0.316. The Morgan fingerprint density at radius 2 is 1.82 bits per heavy atom. The summed E-state index contributed by atoms with van der Waals surface area (Å²) in [5.74, 6) is -4.49. The molecule has 14 heteroatoms. The largest absolute Gasteiger partial charge is 0.394 e. The fourth-order valence-electron chi connectivity index (χ4n) is 3.45. The van der Waals surface area contributed by atoms with Crippen LogP contribution in [0.4, 0.5) is 13.2 Å². The van der Waals surface area contributed by atoms with Crippen molar-refractivity contribution in [2.45, 2.75) is 34.7 Å². The van der Waals surface area contributed by atoms with E-state index in [1.54, 1.807) is 0 Å². The third kappa shape index (κ3) is 4.58. The topological polar surface area (TPSA) is 131 Å². The van der Waals surface area contributed by atoms with Crippen molar-refractivity contribution in [3.8, 4) is 11.3 Å². The Bertz CT molecular complexity index is 1180. The van der Waals surface area contributed by atoms with Crippen LogP contribution in [0.5, 0.6) is 0 Å². The van der Waals surface area contributed by atoms with Crippen molar-refractivity contribution in [3.05, 3.63) is 58.7 Å². The number of hydrogen-bond acceptors (Lipinski definition) is 8. The highest BCUT2D eigenvalue weighted by Gasteiger charge is 2.48. The van der Waals surface area contributed by atoms with Crippen molar-refractivity contribution in [3.63, 3.8) is 0 Å². The summed E-state index contributed by atoms with van der Waals surface area (Å²) >= 11 is 3.21. The molecule has 3 N–H and O–H groups in total. The molecule has 1 aliphatic heterocycles. The first-order valence-electron chi connectivity index (χ1n) is 9.41. The molecule has 9 nitrogen and oxygen atoms in total. The van der Waals surface area contributed by atoms with Crippen LogP contribution in [0.3, 0.4) is 0 Å². The third-order valence-electron chi connectivity index (χ3n) is 5.07. The molecule has 3 unspecified atom stereocenters. The Balaban J connectivity index is 1.68. The molecule has 2 aromatic heterocycles. The SMILES string of the molecule is O=S(c1cncc(Br)c1)[C@@H]1OC(CO)[C@H](O)C(n2cc(-c3cc(F)c(F)c(F)c3)nn2)[C@@H]1O. The van der Waals surface area contributed by atoms with Gasteiger partial charge >= 0.3 is 0 Å². The van der Waals surface area contributed by atoms with Crippen molar-refractivity contribution in [1.82, 2.24) is 20.0 Å². The molecule has 0 saturated carbocycles. The summed E-state index contributed by atoms with van der Waals surface area (Å²) in [4.78, 5) is 4.14. The number of benzene rings is 1. The van der Waals surface area contributed by atoms with Gasteiger partial charge in [-0.1, -0.05) is 5.21 Å². The van der Waals surface area contributed by atoms with Crippen LogP contribution >= 0.6 is 15.9 Å². The summed E-state index contributed by atoms with van der Waals surface area (Å²) < 4.78 is 60.6. The van der Waals surface area contributed by atoms with Crippen molar-refractivity contribution in [2.75, 3.05) is 6.61 Å². The Morgan fingerprint density at radius 1 is 1.12 bits per heavy atom. The van der Waals surface area contributed by atoms with E-state index in [1.165, 1.54) is 24.7 Å². The molecule has 3 heterocycles. The van der Waals surface area contributed by atoms with E-state index in [4.69, 9.17) is 4.74 Å². The van der Waals surface area contributed by atoms with E-state index in [1.807, 2.05) is 0 Å². The van der Waals surface area contributed by atoms with E-state index in [2.05, 4.69) is 31.2 Å². The Hall–Kier alpha value is -2.23. The normalized spacial score (nSPS) is 26.3. The second-order valence-electron chi connectivity index (χ2n) is 7.17. The molecular weight excluding hydrogens is 533 g/mol. The quantitative estimate of drug-likeness (QED) is 0.407. The predicted octanol–water partition coefficient (Wildman–Crippen LogP) is 1.31. The predicted molar refractivity (Wildman–Crippen MR) is 110 cm³/mol. The van der Waals surface area contributed by atoms with Gasteiger partial charge in [-0.25, -0.2) is 17.9 Å². The van der Waals surface area contributed by atoms with Crippen LogP contribution in [0, 0.1) is 17.5 Å². The molecule has 1 aromatic carbocycles. The summed E-state index contributed by atoms with van der Waals surface area (Å²) in [5, 5.41) is 38.8. The zero-order valence-corrected chi connectivity index (χ0v) is 18.8. The maximum absolute atomic E-state index is 13.6. The van der Waals surface area contributed by atoms with Crippen LogP contribution in [-0.2, 0) is 15.5 Å². The second kappa shape index (κ2) is 9.56. The van der Waals surface area contributed by atoms with Crippen molar-refractivity contribution >= 4 is 26.7 Å². The highest BCUT2D eigenvalue weighted by atomic mass is 79.9. The first-order valence-corrected chi connectivity index (χ1v) is 11.4. The van der Waals surface area contributed by atoms with Gasteiger partial charge in [0.2, 0.25) is 0 Å². The smallest absolute Gasteiger partial charge is 0.194 e. The van der Waals surface area contributed by atoms with Gasteiger partial charge in [-0.15, -0.1) is 5.10 Å². The number of aliphatic hydroxyl groups is 3. The van der Waals surface area contributed by atoms with Gasteiger partial charge in [-0.2, -0.15) is 0 Å². The molecule has 1 saturated heterocycles. The van der Waals surface area contributed by atoms with E-state index in [9.17, 15) is 32.7 Å². The van der Waals surface area contributed by atoms with Crippen molar-refractivity contribution in [2.24, 2.45) is 0 Å². The number of nitrogens with zero attached hydrogens (tertiary/aromatic N) is 4. The summed E-state index contributed by atoms with van der Waals surface area (Å²) in [6, 6.07) is 1.66. The molecule has 0 amide bonds. The van der Waals surface area contributed by atoms with Gasteiger partial charge in [0.25, 0.3) is 0 Å². The molecule has 4 rings (SSSR count). The number of pyridine rings is 1. The number of aliphatic hydroxyl groups excluding tert-OH is 3. The second-order valence-corrected chi connectivity index (χ2v) is 9.62. The molecule has 33 heavy (non-hydrogen) atoms. The van der Waals surface area contributed by atoms with E-state index >= 15 is 0 Å². The molecule has 6 atom stereocenters. The van der Waals surface area contributed by atoms with Gasteiger partial charge in [0.15, 0.2) is 22.9 Å². The lowest BCUT2D eigenvalue weighted by atomic mass is 9.97. The molecule has 1 fully saturated rings. The standard InChI is InChI=1S/C19H16BrF3N4O5S/c20-9-3-10(5-24-4-9)33(31)19-18(30)16(17(29)14(7-28)32-19)27-6-13(25-26-27)8-1-11(21)15(23)12(22)2-8/h1-6,14,16-19,28-30H,7H2/t14?,16?,17-,18-,19-,33?/m0/s1. The van der Waals surface area contributed by atoms with Crippen molar-refractivity contribution < 1.29 is 37.4 Å². The molecule has 3 aromatic rings. The first kappa shape index (κ1) is 23.9. The lowest BCUT2D eigenvalue weighted by molar-refractivity contribution is -0.179. The number of halogens is 4. The van der Waals surface area contributed by atoms with E-state index in [0.717, 1.165) is 16.8 Å². The highest BCUT2D eigenvalue weighted by Crippen LogP contribution is 2.34. The summed E-state index contributed by atoms with van der Waals surface area (Å²) in [5.41, 5.74) is -1.60. The summed E-state index contributed by atoms with van der Waals surface area (Å²) in [7, 11) is -1.97. The summed E-state index contributed by atoms with van der Waals surface area (Å²) in [6.07, 6.45) is -0.380. The van der Waals surface area contributed by atoms with Gasteiger partial charge in [-0.05, 0) is 34.1 Å². The third-order valence-corrected chi connectivity index (χ3v) is 7.00. The number of aromatic nitrogens is 4. The van der Waals surface area contributed by atoms with Crippen LogP contribution in [0.1, 0.15) is 6.04 Å². The van der Waals surface area contributed by atoms with Gasteiger partial charge in [-0.3, -0.25) is 9.19 Å².